The maximum Gasteiger partial charge on any atom is 0.317 e. The van der Waals surface area contributed by atoms with E-state index in [1.165, 1.54) is 0 Å². The van der Waals surface area contributed by atoms with Crippen LogP contribution in [0.2, 0.25) is 0 Å². The third-order valence-corrected chi connectivity index (χ3v) is 3.13. The number of rotatable bonds is 6. The van der Waals surface area contributed by atoms with Crippen LogP contribution in [0.5, 0.6) is 5.75 Å². The number of carbonyl (C=O) groups excluding carboxylic acids is 1. The van der Waals surface area contributed by atoms with Gasteiger partial charge in [0.2, 0.25) is 5.75 Å². The van der Waals surface area contributed by atoms with Crippen LogP contribution in [-0.2, 0) is 9.53 Å². The summed E-state index contributed by atoms with van der Waals surface area (Å²) in [6, 6.07) is 0.926. The first-order chi connectivity index (χ1) is 10.3. The van der Waals surface area contributed by atoms with E-state index in [9.17, 15) is 18.0 Å². The minimum absolute atomic E-state index is 0.0381. The van der Waals surface area contributed by atoms with Gasteiger partial charge in [0.1, 0.15) is 5.82 Å². The van der Waals surface area contributed by atoms with Gasteiger partial charge in [0, 0.05) is 12.1 Å². The molecule has 0 spiro atoms. The second kappa shape index (κ2) is 6.91. The van der Waals surface area contributed by atoms with E-state index in [0.717, 1.165) is 0 Å². The maximum absolute atomic E-state index is 13.6. The average molecular weight is 332 g/mol. The molecule has 1 rings (SSSR count). The van der Waals surface area contributed by atoms with Crippen LogP contribution in [0.15, 0.2) is 12.1 Å². The minimum atomic E-state index is -1.26. The van der Waals surface area contributed by atoms with Gasteiger partial charge in [-0.15, -0.1) is 0 Å². The Balaban J connectivity index is 2.92. The van der Waals surface area contributed by atoms with Crippen molar-refractivity contribution < 1.29 is 27.4 Å². The Hall–Kier alpha value is -1.56. The number of benzene rings is 1. The molecule has 0 N–H and O–H groups in total. The highest BCUT2D eigenvalue weighted by Crippen LogP contribution is 2.34. The van der Waals surface area contributed by atoms with Gasteiger partial charge in [-0.3, -0.25) is 4.79 Å². The van der Waals surface area contributed by atoms with Gasteiger partial charge in [0.05, 0.1) is 17.1 Å². The molecule has 0 radical (unpaired) electrons. The van der Waals surface area contributed by atoms with Gasteiger partial charge in [0.25, 0.3) is 0 Å². The Morgan fingerprint density at radius 1 is 1.09 bits per heavy atom. The first-order valence-electron chi connectivity index (χ1n) is 7.39. The predicted octanol–water partition coefficient (Wildman–Crippen LogP) is 4.63. The Bertz CT molecular complexity index is 557. The SMILES string of the molecule is CC(C)OC(C)(C)CC(C)(C)C(=O)Oc1c(F)cc(F)cc1F. The number of hydrogen-bond acceptors (Lipinski definition) is 3. The zero-order valence-corrected chi connectivity index (χ0v) is 14.3. The van der Waals surface area contributed by atoms with Gasteiger partial charge >= 0.3 is 5.97 Å². The van der Waals surface area contributed by atoms with Crippen molar-refractivity contribution >= 4 is 5.97 Å². The van der Waals surface area contributed by atoms with E-state index in [1.807, 2.05) is 27.7 Å². The first-order valence-corrected chi connectivity index (χ1v) is 7.39. The van der Waals surface area contributed by atoms with Crippen molar-refractivity contribution in [2.24, 2.45) is 5.41 Å². The van der Waals surface area contributed by atoms with E-state index in [4.69, 9.17) is 9.47 Å². The zero-order chi connectivity index (χ0) is 18.0. The maximum atomic E-state index is 13.6. The van der Waals surface area contributed by atoms with E-state index in [0.29, 0.717) is 12.1 Å². The molecule has 0 aromatic heterocycles. The Morgan fingerprint density at radius 3 is 2.00 bits per heavy atom. The average Bonchev–Trinajstić information content (AvgIpc) is 2.29. The summed E-state index contributed by atoms with van der Waals surface area (Å²) in [6.07, 6.45) is 0.241. The normalized spacial score (nSPS) is 12.6. The second-order valence-electron chi connectivity index (χ2n) is 7.08. The molecule has 0 saturated heterocycles. The van der Waals surface area contributed by atoms with Crippen molar-refractivity contribution in [3.05, 3.63) is 29.6 Å². The van der Waals surface area contributed by atoms with E-state index in [2.05, 4.69) is 0 Å². The van der Waals surface area contributed by atoms with E-state index >= 15 is 0 Å². The molecular formula is C17H23F3O3. The standard InChI is InChI=1S/C17H23F3O3/c1-10(2)23-17(5,6)9-16(3,4)15(21)22-14-12(19)7-11(18)8-13(14)20/h7-8,10H,9H2,1-6H3. The number of ether oxygens (including phenoxy) is 2. The Labute approximate surface area is 134 Å². The summed E-state index contributed by atoms with van der Waals surface area (Å²) in [5.41, 5.74) is -1.68. The molecule has 0 aliphatic heterocycles. The van der Waals surface area contributed by atoms with Crippen LogP contribution in [0.25, 0.3) is 0 Å². The number of carbonyl (C=O) groups is 1. The fourth-order valence-electron chi connectivity index (χ4n) is 2.67. The van der Waals surface area contributed by atoms with Crippen molar-refractivity contribution in [2.45, 2.75) is 59.7 Å². The van der Waals surface area contributed by atoms with Crippen LogP contribution in [0.1, 0.15) is 48.0 Å². The molecule has 6 heteroatoms. The monoisotopic (exact) mass is 332 g/mol. The summed E-state index contributed by atoms with van der Waals surface area (Å²) < 4.78 is 50.6. The van der Waals surface area contributed by atoms with Gasteiger partial charge in [0.15, 0.2) is 11.6 Å². The molecule has 3 nitrogen and oxygen atoms in total. The van der Waals surface area contributed by atoms with E-state index in [1.54, 1.807) is 13.8 Å². The largest absolute Gasteiger partial charge is 0.420 e. The van der Waals surface area contributed by atoms with Crippen LogP contribution >= 0.6 is 0 Å². The van der Waals surface area contributed by atoms with Crippen molar-refractivity contribution in [3.63, 3.8) is 0 Å². The Morgan fingerprint density at radius 2 is 1.57 bits per heavy atom. The zero-order valence-electron chi connectivity index (χ0n) is 14.3. The Kier molecular flexibility index (Phi) is 5.85. The summed E-state index contributed by atoms with van der Waals surface area (Å²) in [5, 5.41) is 0. The highest BCUT2D eigenvalue weighted by atomic mass is 19.1. The second-order valence-corrected chi connectivity index (χ2v) is 7.08. The highest BCUT2D eigenvalue weighted by molar-refractivity contribution is 5.78. The van der Waals surface area contributed by atoms with Crippen molar-refractivity contribution in [2.75, 3.05) is 0 Å². The van der Waals surface area contributed by atoms with Gasteiger partial charge in [-0.25, -0.2) is 13.2 Å². The molecule has 0 heterocycles. The molecule has 0 unspecified atom stereocenters. The van der Waals surface area contributed by atoms with E-state index in [-0.39, 0.29) is 12.5 Å². The van der Waals surface area contributed by atoms with E-state index < -0.39 is 40.2 Å². The molecule has 0 fully saturated rings. The first kappa shape index (κ1) is 19.5. The highest BCUT2D eigenvalue weighted by Gasteiger charge is 2.38. The molecular weight excluding hydrogens is 309 g/mol. The third kappa shape index (κ3) is 5.53. The predicted molar refractivity (Wildman–Crippen MR) is 80.6 cm³/mol. The molecule has 0 atom stereocenters. The lowest BCUT2D eigenvalue weighted by Crippen LogP contribution is -2.39. The molecule has 130 valence electrons. The van der Waals surface area contributed by atoms with Crippen LogP contribution in [0, 0.1) is 22.9 Å². The fourth-order valence-corrected chi connectivity index (χ4v) is 2.67. The van der Waals surface area contributed by atoms with Crippen molar-refractivity contribution in [1.29, 1.82) is 0 Å². The van der Waals surface area contributed by atoms with Gasteiger partial charge in [-0.1, -0.05) is 0 Å². The van der Waals surface area contributed by atoms with Crippen LogP contribution in [-0.4, -0.2) is 17.7 Å². The van der Waals surface area contributed by atoms with Crippen molar-refractivity contribution in [1.82, 2.24) is 0 Å². The summed E-state index contributed by atoms with van der Waals surface area (Å²) in [4.78, 5) is 12.3. The van der Waals surface area contributed by atoms with Crippen LogP contribution in [0.4, 0.5) is 13.2 Å². The summed E-state index contributed by atoms with van der Waals surface area (Å²) in [7, 11) is 0. The summed E-state index contributed by atoms with van der Waals surface area (Å²) in [6.45, 7) is 10.6. The molecule has 0 aliphatic rings. The molecule has 0 amide bonds. The van der Waals surface area contributed by atoms with Gasteiger partial charge < -0.3 is 9.47 Å². The molecule has 1 aromatic carbocycles. The molecule has 0 saturated carbocycles. The third-order valence-electron chi connectivity index (χ3n) is 3.13. The fraction of sp³-hybridized carbons (Fsp3) is 0.588. The molecule has 0 aliphatic carbocycles. The number of halogens is 3. The topological polar surface area (TPSA) is 35.5 Å². The van der Waals surface area contributed by atoms with Crippen LogP contribution in [0.3, 0.4) is 0 Å². The molecule has 23 heavy (non-hydrogen) atoms. The summed E-state index contributed by atoms with van der Waals surface area (Å²) >= 11 is 0. The number of esters is 1. The van der Waals surface area contributed by atoms with Gasteiger partial charge in [-0.2, -0.15) is 0 Å². The molecule has 0 bridgehead atoms. The lowest BCUT2D eigenvalue weighted by atomic mass is 9.81. The van der Waals surface area contributed by atoms with Crippen LogP contribution < -0.4 is 4.74 Å². The minimum Gasteiger partial charge on any atom is -0.420 e. The number of hydrogen-bond donors (Lipinski definition) is 0. The lowest BCUT2D eigenvalue weighted by molar-refractivity contribution is -0.151. The molecule has 1 aromatic rings. The lowest BCUT2D eigenvalue weighted by Gasteiger charge is -2.34. The smallest absolute Gasteiger partial charge is 0.317 e. The summed E-state index contributed by atoms with van der Waals surface area (Å²) in [5.74, 6) is -5.31. The van der Waals surface area contributed by atoms with Gasteiger partial charge in [-0.05, 0) is 48.0 Å². The van der Waals surface area contributed by atoms with Crippen molar-refractivity contribution in [3.8, 4) is 5.75 Å². The quantitative estimate of drug-likeness (QED) is 0.563.